The molecule has 0 aromatic carbocycles. The largest absolute Gasteiger partial charge is 0.465 e. The van der Waals surface area contributed by atoms with Gasteiger partial charge >= 0.3 is 6.09 Å². The molecular weight excluding hydrogens is 192 g/mol. The van der Waals surface area contributed by atoms with Crippen LogP contribution >= 0.6 is 0 Å². The van der Waals surface area contributed by atoms with E-state index in [1.165, 1.54) is 0 Å². The van der Waals surface area contributed by atoms with Crippen LogP contribution in [0.2, 0.25) is 0 Å². The quantitative estimate of drug-likeness (QED) is 0.730. The Morgan fingerprint density at radius 1 is 1.64 bits per heavy atom. The summed E-state index contributed by atoms with van der Waals surface area (Å²) in [5, 5.41) is 10.7. The van der Waals surface area contributed by atoms with Gasteiger partial charge in [-0.05, 0) is 25.7 Å². The van der Waals surface area contributed by atoms with Gasteiger partial charge in [0.25, 0.3) is 0 Å². The van der Waals surface area contributed by atoms with Crippen molar-refractivity contribution in [1.29, 1.82) is 0 Å². The third-order valence-electron chi connectivity index (χ3n) is 2.74. The van der Waals surface area contributed by atoms with Crippen LogP contribution in [0, 0.1) is 5.92 Å². The van der Waals surface area contributed by atoms with Crippen molar-refractivity contribution in [3.63, 3.8) is 0 Å². The van der Waals surface area contributed by atoms with Gasteiger partial charge in [-0.1, -0.05) is 0 Å². The average Bonchev–Trinajstić information content (AvgIpc) is 2.01. The Bertz CT molecular complexity index is 221. The third kappa shape index (κ3) is 3.12. The maximum Gasteiger partial charge on any atom is 0.404 e. The zero-order chi connectivity index (χ0) is 10.8. The van der Waals surface area contributed by atoms with Gasteiger partial charge in [-0.2, -0.15) is 0 Å². The highest BCUT2D eigenvalue weighted by Crippen LogP contribution is 2.37. The second-order valence-corrected chi connectivity index (χ2v) is 3.95. The first-order chi connectivity index (χ1) is 6.41. The molecule has 1 amide bonds. The molecule has 1 aliphatic rings. The van der Waals surface area contributed by atoms with E-state index < -0.39 is 18.1 Å². The second-order valence-electron chi connectivity index (χ2n) is 3.95. The van der Waals surface area contributed by atoms with E-state index in [9.17, 15) is 13.6 Å². The Balaban J connectivity index is 2.47. The molecule has 0 aromatic rings. The summed E-state index contributed by atoms with van der Waals surface area (Å²) in [5.41, 5.74) is 0. The van der Waals surface area contributed by atoms with Crippen LogP contribution in [0.3, 0.4) is 0 Å². The molecule has 1 saturated carbocycles. The van der Waals surface area contributed by atoms with E-state index in [1.807, 2.05) is 0 Å². The van der Waals surface area contributed by atoms with Crippen molar-refractivity contribution in [2.75, 3.05) is 0 Å². The Morgan fingerprint density at radius 3 is 2.79 bits per heavy atom. The Morgan fingerprint density at radius 2 is 2.29 bits per heavy atom. The number of nitrogens with one attached hydrogen (secondary N) is 1. The number of amides is 1. The summed E-state index contributed by atoms with van der Waals surface area (Å²) in [4.78, 5) is 10.3. The van der Waals surface area contributed by atoms with Gasteiger partial charge in [0, 0.05) is 18.9 Å². The van der Waals surface area contributed by atoms with Crippen molar-refractivity contribution in [3.05, 3.63) is 0 Å². The van der Waals surface area contributed by atoms with Crippen molar-refractivity contribution in [2.45, 2.75) is 44.6 Å². The van der Waals surface area contributed by atoms with Crippen molar-refractivity contribution >= 4 is 6.09 Å². The van der Waals surface area contributed by atoms with Crippen LogP contribution in [0.15, 0.2) is 0 Å². The summed E-state index contributed by atoms with van der Waals surface area (Å²) >= 11 is 0. The van der Waals surface area contributed by atoms with E-state index in [1.54, 1.807) is 6.92 Å². The molecular formula is C9H15F2NO2. The van der Waals surface area contributed by atoms with E-state index in [0.717, 1.165) is 0 Å². The van der Waals surface area contributed by atoms with Gasteiger partial charge in [0.15, 0.2) is 0 Å². The van der Waals surface area contributed by atoms with E-state index in [4.69, 9.17) is 5.11 Å². The molecule has 0 aliphatic heterocycles. The molecule has 0 saturated heterocycles. The second kappa shape index (κ2) is 4.11. The number of halogens is 2. The first kappa shape index (κ1) is 11.2. The molecule has 14 heavy (non-hydrogen) atoms. The summed E-state index contributed by atoms with van der Waals surface area (Å²) in [6, 6.07) is -0.390. The van der Waals surface area contributed by atoms with Crippen molar-refractivity contribution < 1.29 is 18.7 Å². The van der Waals surface area contributed by atoms with Gasteiger partial charge < -0.3 is 10.4 Å². The van der Waals surface area contributed by atoms with Crippen LogP contribution in [-0.4, -0.2) is 23.2 Å². The van der Waals surface area contributed by atoms with Crippen LogP contribution in [-0.2, 0) is 0 Å². The highest BCUT2D eigenvalue weighted by atomic mass is 19.3. The van der Waals surface area contributed by atoms with E-state index in [-0.39, 0.29) is 18.8 Å². The lowest BCUT2D eigenvalue weighted by Crippen LogP contribution is -2.41. The summed E-state index contributed by atoms with van der Waals surface area (Å²) in [6.45, 7) is 1.64. The predicted molar refractivity (Wildman–Crippen MR) is 47.5 cm³/mol. The molecule has 0 radical (unpaired) electrons. The predicted octanol–water partition coefficient (Wildman–Crippen LogP) is 2.47. The molecule has 0 bridgehead atoms. The third-order valence-corrected chi connectivity index (χ3v) is 2.74. The molecule has 5 heteroatoms. The SMILES string of the molecule is CC(NC(=O)O)C1CCCC(F)(F)C1. The highest BCUT2D eigenvalue weighted by molar-refractivity contribution is 5.64. The average molecular weight is 207 g/mol. The summed E-state index contributed by atoms with van der Waals surface area (Å²) in [7, 11) is 0. The minimum absolute atomic E-state index is 0.0662. The lowest BCUT2D eigenvalue weighted by Gasteiger charge is -2.32. The van der Waals surface area contributed by atoms with E-state index in [2.05, 4.69) is 5.32 Å². The number of hydrogen-bond acceptors (Lipinski definition) is 1. The first-order valence-electron chi connectivity index (χ1n) is 4.78. The zero-order valence-electron chi connectivity index (χ0n) is 8.09. The molecule has 2 unspecified atom stereocenters. The summed E-state index contributed by atoms with van der Waals surface area (Å²) in [5.74, 6) is -2.85. The summed E-state index contributed by atoms with van der Waals surface area (Å²) in [6.07, 6.45) is -0.260. The number of alkyl halides is 2. The standard InChI is InChI=1S/C9H15F2NO2/c1-6(12-8(13)14)7-3-2-4-9(10,11)5-7/h6-7,12H,2-5H2,1H3,(H,13,14). The smallest absolute Gasteiger partial charge is 0.404 e. The van der Waals surface area contributed by atoms with Crippen LogP contribution in [0.5, 0.6) is 0 Å². The zero-order valence-corrected chi connectivity index (χ0v) is 8.09. The molecule has 1 rings (SSSR count). The minimum Gasteiger partial charge on any atom is -0.465 e. The molecule has 0 spiro atoms. The van der Waals surface area contributed by atoms with Crippen molar-refractivity contribution in [3.8, 4) is 0 Å². The number of rotatable bonds is 2. The molecule has 2 N–H and O–H groups in total. The Hall–Kier alpha value is -0.870. The first-order valence-corrected chi connectivity index (χ1v) is 4.78. The van der Waals surface area contributed by atoms with Crippen molar-refractivity contribution in [2.24, 2.45) is 5.92 Å². The lowest BCUT2D eigenvalue weighted by molar-refractivity contribution is -0.0568. The van der Waals surface area contributed by atoms with Gasteiger partial charge in [-0.3, -0.25) is 0 Å². The van der Waals surface area contributed by atoms with Crippen molar-refractivity contribution in [1.82, 2.24) is 5.32 Å². The molecule has 1 aliphatic carbocycles. The molecule has 0 aromatic heterocycles. The van der Waals surface area contributed by atoms with Gasteiger partial charge in [0.2, 0.25) is 5.92 Å². The fourth-order valence-corrected chi connectivity index (χ4v) is 1.95. The lowest BCUT2D eigenvalue weighted by atomic mass is 9.82. The topological polar surface area (TPSA) is 49.3 Å². The fraction of sp³-hybridized carbons (Fsp3) is 0.889. The van der Waals surface area contributed by atoms with Gasteiger partial charge in [-0.25, -0.2) is 13.6 Å². The molecule has 1 fully saturated rings. The van der Waals surface area contributed by atoms with E-state index in [0.29, 0.717) is 12.8 Å². The molecule has 2 atom stereocenters. The van der Waals surface area contributed by atoms with Crippen LogP contribution in [0.25, 0.3) is 0 Å². The van der Waals surface area contributed by atoms with E-state index >= 15 is 0 Å². The monoisotopic (exact) mass is 207 g/mol. The van der Waals surface area contributed by atoms with Gasteiger partial charge in [-0.15, -0.1) is 0 Å². The Labute approximate surface area is 81.5 Å². The van der Waals surface area contributed by atoms with Gasteiger partial charge in [0.05, 0.1) is 0 Å². The highest BCUT2D eigenvalue weighted by Gasteiger charge is 2.38. The van der Waals surface area contributed by atoms with Crippen LogP contribution in [0.4, 0.5) is 13.6 Å². The Kier molecular flexibility index (Phi) is 3.29. The normalized spacial score (nSPS) is 28.1. The summed E-state index contributed by atoms with van der Waals surface area (Å²) < 4.78 is 26.0. The fourth-order valence-electron chi connectivity index (χ4n) is 1.95. The maximum absolute atomic E-state index is 13.0. The minimum atomic E-state index is -2.61. The number of carbonyl (C=O) groups is 1. The maximum atomic E-state index is 13.0. The number of carboxylic acid groups (broad SMARTS) is 1. The molecule has 82 valence electrons. The van der Waals surface area contributed by atoms with Crippen LogP contribution < -0.4 is 5.32 Å². The molecule has 0 heterocycles. The number of hydrogen-bond donors (Lipinski definition) is 2. The molecule has 3 nitrogen and oxygen atoms in total. The van der Waals surface area contributed by atoms with Gasteiger partial charge in [0.1, 0.15) is 0 Å². The van der Waals surface area contributed by atoms with Crippen LogP contribution in [0.1, 0.15) is 32.6 Å².